The second kappa shape index (κ2) is 5.73. The van der Waals surface area contributed by atoms with Gasteiger partial charge >= 0.3 is 0 Å². The first-order valence-electron chi connectivity index (χ1n) is 6.32. The molecule has 1 saturated heterocycles. The second-order valence-electron chi connectivity index (χ2n) is 4.81. The van der Waals surface area contributed by atoms with Crippen molar-refractivity contribution in [2.75, 3.05) is 29.1 Å². The predicted molar refractivity (Wildman–Crippen MR) is 79.6 cm³/mol. The summed E-state index contributed by atoms with van der Waals surface area (Å²) >= 11 is 1.76. The summed E-state index contributed by atoms with van der Waals surface area (Å²) in [6.45, 7) is 2.13. The molecule has 0 radical (unpaired) electrons. The Bertz CT molecular complexity index is 519. The largest absolute Gasteiger partial charge is 0.387 e. The van der Waals surface area contributed by atoms with Crippen molar-refractivity contribution in [2.24, 2.45) is 0 Å². The van der Waals surface area contributed by atoms with E-state index in [1.807, 2.05) is 0 Å². The van der Waals surface area contributed by atoms with Gasteiger partial charge in [-0.15, -0.1) is 0 Å². The highest BCUT2D eigenvalue weighted by atomic mass is 32.2. The summed E-state index contributed by atoms with van der Waals surface area (Å²) in [5.74, 6) is 1.85. The number of hydrogen-bond donors (Lipinski definition) is 2. The molecule has 1 aliphatic heterocycles. The molecular weight excluding hydrogens is 282 g/mol. The van der Waals surface area contributed by atoms with Gasteiger partial charge in [0.2, 0.25) is 0 Å². The molecule has 0 saturated carbocycles. The number of hydrogen-bond acceptors (Lipinski definition) is 5. The number of nitrogens with one attached hydrogen (secondary N) is 1. The maximum atomic E-state index is 11.7. The summed E-state index contributed by atoms with van der Waals surface area (Å²) in [5.41, 5.74) is 0.194. The lowest BCUT2D eigenvalue weighted by atomic mass is 10.0. The van der Waals surface area contributed by atoms with Gasteiger partial charge in [0, 0.05) is 18.0 Å². The molecule has 1 heterocycles. The third kappa shape index (κ3) is 3.64. The lowest BCUT2D eigenvalue weighted by Crippen LogP contribution is -2.36. The molecule has 1 aliphatic rings. The first-order valence-corrected chi connectivity index (χ1v) is 9.13. The fraction of sp³-hybridized carbons (Fsp3) is 0.538. The van der Waals surface area contributed by atoms with E-state index in [0.717, 1.165) is 23.6 Å². The van der Waals surface area contributed by atoms with E-state index < -0.39 is 15.4 Å². The molecule has 2 N–H and O–H groups in total. The topological polar surface area (TPSA) is 66.4 Å². The molecule has 106 valence electrons. The quantitative estimate of drug-likeness (QED) is 0.867. The van der Waals surface area contributed by atoms with E-state index in [0.29, 0.717) is 11.4 Å². The average molecular weight is 301 g/mol. The molecular formula is C13H19NO3S2. The molecule has 0 spiro atoms. The van der Waals surface area contributed by atoms with Crippen LogP contribution < -0.4 is 5.32 Å². The van der Waals surface area contributed by atoms with Gasteiger partial charge in [0.15, 0.2) is 9.84 Å². The monoisotopic (exact) mass is 301 g/mol. The molecule has 0 aromatic heterocycles. The van der Waals surface area contributed by atoms with Gasteiger partial charge in [0.05, 0.1) is 16.2 Å². The van der Waals surface area contributed by atoms with Gasteiger partial charge in [-0.25, -0.2) is 8.42 Å². The predicted octanol–water partition coefficient (Wildman–Crippen LogP) is 1.76. The highest BCUT2D eigenvalue weighted by Crippen LogP contribution is 2.28. The Balaban J connectivity index is 1.99. The summed E-state index contributed by atoms with van der Waals surface area (Å²) in [6, 6.07) is 6.70. The normalized spacial score (nSPS) is 23.5. The minimum atomic E-state index is -3.14. The van der Waals surface area contributed by atoms with Crippen LogP contribution in [-0.4, -0.2) is 42.9 Å². The second-order valence-corrected chi connectivity index (χ2v) is 8.19. The van der Waals surface area contributed by atoms with Crippen LogP contribution in [0.15, 0.2) is 29.2 Å². The van der Waals surface area contributed by atoms with Crippen LogP contribution >= 0.6 is 11.8 Å². The Morgan fingerprint density at radius 2 is 2.05 bits per heavy atom. The molecule has 0 aliphatic carbocycles. The van der Waals surface area contributed by atoms with Crippen molar-refractivity contribution in [3.63, 3.8) is 0 Å². The molecule has 6 heteroatoms. The number of rotatable bonds is 5. The van der Waals surface area contributed by atoms with E-state index in [-0.39, 0.29) is 5.75 Å². The third-order valence-corrected chi connectivity index (χ3v) is 6.28. The Hall–Kier alpha value is -0.720. The maximum Gasteiger partial charge on any atom is 0.178 e. The Labute approximate surface area is 118 Å². The van der Waals surface area contributed by atoms with E-state index in [2.05, 4.69) is 5.32 Å². The van der Waals surface area contributed by atoms with E-state index in [1.165, 1.54) is 0 Å². The fourth-order valence-corrected chi connectivity index (χ4v) is 4.13. The van der Waals surface area contributed by atoms with Gasteiger partial charge in [0.1, 0.15) is 0 Å². The molecule has 1 aromatic carbocycles. The van der Waals surface area contributed by atoms with Crippen LogP contribution in [0.3, 0.4) is 0 Å². The van der Waals surface area contributed by atoms with Crippen molar-refractivity contribution in [3.05, 3.63) is 24.3 Å². The molecule has 2 rings (SSSR count). The maximum absolute atomic E-state index is 11.7. The minimum Gasteiger partial charge on any atom is -0.387 e. The molecule has 1 fully saturated rings. The van der Waals surface area contributed by atoms with Crippen LogP contribution in [0.1, 0.15) is 13.3 Å². The van der Waals surface area contributed by atoms with Crippen molar-refractivity contribution in [1.29, 1.82) is 0 Å². The third-order valence-electron chi connectivity index (χ3n) is 3.30. The number of anilines is 1. The minimum absolute atomic E-state index is 0.108. The zero-order valence-corrected chi connectivity index (χ0v) is 12.6. The van der Waals surface area contributed by atoms with Crippen molar-refractivity contribution in [3.8, 4) is 0 Å². The molecule has 1 aromatic rings. The SMILES string of the molecule is CCS(=O)(=O)c1ccc(NCC2(O)CCSC2)cc1. The summed E-state index contributed by atoms with van der Waals surface area (Å²) in [7, 11) is -3.14. The van der Waals surface area contributed by atoms with Crippen molar-refractivity contribution >= 4 is 27.3 Å². The van der Waals surface area contributed by atoms with Crippen LogP contribution in [0.25, 0.3) is 0 Å². The van der Waals surface area contributed by atoms with Crippen LogP contribution in [0.2, 0.25) is 0 Å². The zero-order valence-electron chi connectivity index (χ0n) is 10.9. The van der Waals surface area contributed by atoms with Gasteiger partial charge < -0.3 is 10.4 Å². The summed E-state index contributed by atoms with van der Waals surface area (Å²) < 4.78 is 23.3. The fourth-order valence-electron chi connectivity index (χ4n) is 1.95. The first-order chi connectivity index (χ1) is 8.95. The molecule has 1 unspecified atom stereocenters. The van der Waals surface area contributed by atoms with Crippen LogP contribution in [0.4, 0.5) is 5.69 Å². The Morgan fingerprint density at radius 3 is 2.58 bits per heavy atom. The summed E-state index contributed by atoms with van der Waals surface area (Å²) in [6.07, 6.45) is 0.799. The van der Waals surface area contributed by atoms with E-state index in [4.69, 9.17) is 0 Å². The summed E-state index contributed by atoms with van der Waals surface area (Å²) in [5, 5.41) is 13.4. The smallest absolute Gasteiger partial charge is 0.178 e. The number of aliphatic hydroxyl groups is 1. The lowest BCUT2D eigenvalue weighted by molar-refractivity contribution is 0.0820. The molecule has 1 atom stereocenters. The molecule has 0 amide bonds. The number of thioether (sulfide) groups is 1. The first kappa shape index (κ1) is 14.7. The zero-order chi connectivity index (χ0) is 13.9. The Kier molecular flexibility index (Phi) is 4.43. The van der Waals surface area contributed by atoms with Crippen molar-refractivity contribution in [1.82, 2.24) is 0 Å². The van der Waals surface area contributed by atoms with E-state index in [9.17, 15) is 13.5 Å². The van der Waals surface area contributed by atoms with E-state index in [1.54, 1.807) is 43.0 Å². The standard InChI is InChI=1S/C13H19NO3S2/c1-2-19(16,17)12-5-3-11(4-6-12)14-9-13(15)7-8-18-10-13/h3-6,14-15H,2,7-10H2,1H3. The highest BCUT2D eigenvalue weighted by molar-refractivity contribution is 7.99. The Morgan fingerprint density at radius 1 is 1.37 bits per heavy atom. The number of sulfone groups is 1. The molecule has 4 nitrogen and oxygen atoms in total. The highest BCUT2D eigenvalue weighted by Gasteiger charge is 2.31. The molecule has 19 heavy (non-hydrogen) atoms. The molecule has 0 bridgehead atoms. The van der Waals surface area contributed by atoms with Crippen LogP contribution in [-0.2, 0) is 9.84 Å². The van der Waals surface area contributed by atoms with Crippen molar-refractivity contribution < 1.29 is 13.5 Å². The van der Waals surface area contributed by atoms with Crippen LogP contribution in [0, 0.1) is 0 Å². The average Bonchev–Trinajstić information content (AvgIpc) is 2.84. The van der Waals surface area contributed by atoms with Gasteiger partial charge in [-0.1, -0.05) is 6.92 Å². The van der Waals surface area contributed by atoms with Gasteiger partial charge in [-0.05, 0) is 36.4 Å². The van der Waals surface area contributed by atoms with Crippen LogP contribution in [0.5, 0.6) is 0 Å². The van der Waals surface area contributed by atoms with E-state index >= 15 is 0 Å². The van der Waals surface area contributed by atoms with Gasteiger partial charge in [-0.2, -0.15) is 11.8 Å². The van der Waals surface area contributed by atoms with Gasteiger partial charge in [-0.3, -0.25) is 0 Å². The van der Waals surface area contributed by atoms with Crippen molar-refractivity contribution in [2.45, 2.75) is 23.8 Å². The number of benzene rings is 1. The summed E-state index contributed by atoms with van der Waals surface area (Å²) in [4.78, 5) is 0.343. The van der Waals surface area contributed by atoms with Gasteiger partial charge in [0.25, 0.3) is 0 Å². The lowest BCUT2D eigenvalue weighted by Gasteiger charge is -2.22.